The molecule has 1 aliphatic rings. The van der Waals surface area contributed by atoms with E-state index in [0.717, 1.165) is 41.9 Å². The molecule has 1 fully saturated rings. The molecule has 1 aliphatic heterocycles. The van der Waals surface area contributed by atoms with E-state index in [1.165, 1.54) is 32.6 Å². The number of aromatic nitrogens is 2. The third kappa shape index (κ3) is 4.92. The number of hydrogen-bond acceptors (Lipinski definition) is 5. The van der Waals surface area contributed by atoms with Crippen LogP contribution >= 0.6 is 0 Å². The molecule has 1 saturated heterocycles. The zero-order valence-corrected chi connectivity index (χ0v) is 14.9. The van der Waals surface area contributed by atoms with E-state index in [1.807, 2.05) is 37.3 Å². The Hall–Kier alpha value is -2.63. The van der Waals surface area contributed by atoms with Crippen LogP contribution in [-0.2, 0) is 4.79 Å². The van der Waals surface area contributed by atoms with Crippen molar-refractivity contribution in [1.82, 2.24) is 9.97 Å². The van der Waals surface area contributed by atoms with Gasteiger partial charge in [-0.1, -0.05) is 12.8 Å². The summed E-state index contributed by atoms with van der Waals surface area (Å²) in [6, 6.07) is 9.53. The molecule has 0 saturated carbocycles. The fraction of sp³-hybridized carbons (Fsp3) is 0.421. The first-order chi connectivity index (χ1) is 12.1. The molecule has 6 heteroatoms. The molecule has 0 aliphatic carbocycles. The molecule has 2 aromatic rings. The Morgan fingerprint density at radius 2 is 1.64 bits per heavy atom. The van der Waals surface area contributed by atoms with Crippen LogP contribution in [0.4, 0.5) is 23.1 Å². The molecule has 0 bridgehead atoms. The maximum atomic E-state index is 11.1. The van der Waals surface area contributed by atoms with Crippen LogP contribution in [0.3, 0.4) is 0 Å². The van der Waals surface area contributed by atoms with E-state index in [9.17, 15) is 4.79 Å². The van der Waals surface area contributed by atoms with Gasteiger partial charge in [-0.05, 0) is 44.0 Å². The summed E-state index contributed by atoms with van der Waals surface area (Å²) in [4.78, 5) is 22.7. The number of carbonyl (C=O) groups excluding carboxylic acids is 1. The van der Waals surface area contributed by atoms with Crippen molar-refractivity contribution < 1.29 is 4.79 Å². The molecule has 25 heavy (non-hydrogen) atoms. The second-order valence-corrected chi connectivity index (χ2v) is 6.48. The van der Waals surface area contributed by atoms with Gasteiger partial charge >= 0.3 is 0 Å². The van der Waals surface area contributed by atoms with Gasteiger partial charge in [0.25, 0.3) is 0 Å². The summed E-state index contributed by atoms with van der Waals surface area (Å²) in [5.74, 6) is 1.52. The minimum absolute atomic E-state index is 0.0748. The number of aryl methyl sites for hydroxylation is 1. The number of benzene rings is 1. The van der Waals surface area contributed by atoms with E-state index >= 15 is 0 Å². The van der Waals surface area contributed by atoms with E-state index in [-0.39, 0.29) is 5.91 Å². The lowest BCUT2D eigenvalue weighted by atomic mass is 10.2. The summed E-state index contributed by atoms with van der Waals surface area (Å²) in [6.07, 6.45) is 4.97. The predicted molar refractivity (Wildman–Crippen MR) is 101 cm³/mol. The normalized spacial score (nSPS) is 14.7. The molecular weight excluding hydrogens is 314 g/mol. The Kier molecular flexibility index (Phi) is 5.48. The molecule has 0 unspecified atom stereocenters. The molecule has 6 nitrogen and oxygen atoms in total. The number of nitrogens with zero attached hydrogens (tertiary/aromatic N) is 3. The molecule has 132 valence electrons. The molecule has 0 spiro atoms. The Bertz CT molecular complexity index is 721. The number of amides is 1. The van der Waals surface area contributed by atoms with Crippen LogP contribution in [0.5, 0.6) is 0 Å². The number of nitrogens with one attached hydrogen (secondary N) is 2. The Balaban J connectivity index is 1.74. The predicted octanol–water partition coefficient (Wildman–Crippen LogP) is 3.87. The fourth-order valence-electron chi connectivity index (χ4n) is 3.02. The van der Waals surface area contributed by atoms with Crippen molar-refractivity contribution in [2.75, 3.05) is 28.6 Å². The number of hydrogen-bond donors (Lipinski definition) is 2. The first kappa shape index (κ1) is 17.2. The quantitative estimate of drug-likeness (QED) is 0.885. The average molecular weight is 339 g/mol. The Morgan fingerprint density at radius 3 is 2.28 bits per heavy atom. The highest BCUT2D eigenvalue weighted by molar-refractivity contribution is 5.88. The third-order valence-electron chi connectivity index (χ3n) is 4.21. The highest BCUT2D eigenvalue weighted by atomic mass is 16.1. The van der Waals surface area contributed by atoms with E-state index in [4.69, 9.17) is 4.98 Å². The van der Waals surface area contributed by atoms with Gasteiger partial charge in [0.05, 0.1) is 0 Å². The maximum Gasteiger partial charge on any atom is 0.227 e. The molecule has 1 amide bonds. The molecule has 2 heterocycles. The van der Waals surface area contributed by atoms with Crippen LogP contribution in [0.2, 0.25) is 0 Å². The van der Waals surface area contributed by atoms with Gasteiger partial charge < -0.3 is 15.5 Å². The minimum Gasteiger partial charge on any atom is -0.341 e. The van der Waals surface area contributed by atoms with Gasteiger partial charge in [0.2, 0.25) is 11.9 Å². The van der Waals surface area contributed by atoms with E-state index in [0.29, 0.717) is 0 Å². The third-order valence-corrected chi connectivity index (χ3v) is 4.21. The van der Waals surface area contributed by atoms with Crippen molar-refractivity contribution >= 4 is 29.0 Å². The summed E-state index contributed by atoms with van der Waals surface area (Å²) in [6.45, 7) is 5.54. The number of anilines is 4. The van der Waals surface area contributed by atoms with Gasteiger partial charge in [-0.3, -0.25) is 4.79 Å². The van der Waals surface area contributed by atoms with Gasteiger partial charge in [-0.2, -0.15) is 4.98 Å². The summed E-state index contributed by atoms with van der Waals surface area (Å²) in [5, 5.41) is 6.09. The first-order valence-corrected chi connectivity index (χ1v) is 8.85. The maximum absolute atomic E-state index is 11.1. The van der Waals surface area contributed by atoms with Crippen molar-refractivity contribution in [1.29, 1.82) is 0 Å². The second-order valence-electron chi connectivity index (χ2n) is 6.48. The van der Waals surface area contributed by atoms with Crippen molar-refractivity contribution in [3.63, 3.8) is 0 Å². The number of rotatable bonds is 4. The fourth-order valence-corrected chi connectivity index (χ4v) is 3.02. The van der Waals surface area contributed by atoms with Crippen molar-refractivity contribution in [3.05, 3.63) is 36.0 Å². The SMILES string of the molecule is CC(=O)Nc1ccc(Nc2cc(C)nc(N3CCCCCC3)n2)cc1. The lowest BCUT2D eigenvalue weighted by molar-refractivity contribution is -0.114. The summed E-state index contributed by atoms with van der Waals surface area (Å²) in [7, 11) is 0. The van der Waals surface area contributed by atoms with Gasteiger partial charge in [-0.25, -0.2) is 4.98 Å². The van der Waals surface area contributed by atoms with Gasteiger partial charge in [0.1, 0.15) is 5.82 Å². The van der Waals surface area contributed by atoms with E-state index in [1.54, 1.807) is 0 Å². The largest absolute Gasteiger partial charge is 0.341 e. The van der Waals surface area contributed by atoms with Crippen molar-refractivity contribution in [2.45, 2.75) is 39.5 Å². The average Bonchev–Trinajstić information content (AvgIpc) is 2.85. The summed E-state index contributed by atoms with van der Waals surface area (Å²) < 4.78 is 0. The van der Waals surface area contributed by atoms with Crippen molar-refractivity contribution in [2.24, 2.45) is 0 Å². The standard InChI is InChI=1S/C19H25N5O/c1-14-13-18(22-17-9-7-16(8-10-17)21-15(2)25)23-19(20-14)24-11-5-3-4-6-12-24/h7-10,13H,3-6,11-12H2,1-2H3,(H,21,25)(H,20,22,23). The van der Waals surface area contributed by atoms with Crippen LogP contribution in [0.1, 0.15) is 38.3 Å². The monoisotopic (exact) mass is 339 g/mol. The molecule has 0 radical (unpaired) electrons. The summed E-state index contributed by atoms with van der Waals surface area (Å²) >= 11 is 0. The summed E-state index contributed by atoms with van der Waals surface area (Å²) in [5.41, 5.74) is 2.66. The van der Waals surface area contributed by atoms with E-state index in [2.05, 4.69) is 20.5 Å². The van der Waals surface area contributed by atoms with Crippen LogP contribution in [-0.4, -0.2) is 29.0 Å². The van der Waals surface area contributed by atoms with Gasteiger partial charge in [0, 0.05) is 43.1 Å². The lowest BCUT2D eigenvalue weighted by Gasteiger charge is -2.21. The van der Waals surface area contributed by atoms with Gasteiger partial charge in [0.15, 0.2) is 0 Å². The molecule has 1 aromatic carbocycles. The number of carbonyl (C=O) groups is 1. The highest BCUT2D eigenvalue weighted by Crippen LogP contribution is 2.22. The topological polar surface area (TPSA) is 70.2 Å². The minimum atomic E-state index is -0.0748. The Labute approximate surface area is 148 Å². The molecule has 2 N–H and O–H groups in total. The van der Waals surface area contributed by atoms with Crippen LogP contribution in [0, 0.1) is 6.92 Å². The molecule has 1 aromatic heterocycles. The lowest BCUT2D eigenvalue weighted by Crippen LogP contribution is -2.26. The zero-order valence-electron chi connectivity index (χ0n) is 14.9. The van der Waals surface area contributed by atoms with E-state index < -0.39 is 0 Å². The smallest absolute Gasteiger partial charge is 0.227 e. The van der Waals surface area contributed by atoms with Crippen LogP contribution < -0.4 is 15.5 Å². The molecule has 0 atom stereocenters. The Morgan fingerprint density at radius 1 is 1.00 bits per heavy atom. The molecular formula is C19H25N5O. The highest BCUT2D eigenvalue weighted by Gasteiger charge is 2.14. The second kappa shape index (κ2) is 7.96. The zero-order chi connectivity index (χ0) is 17.6. The van der Waals surface area contributed by atoms with Gasteiger partial charge in [-0.15, -0.1) is 0 Å². The van der Waals surface area contributed by atoms with Crippen LogP contribution in [0.25, 0.3) is 0 Å². The first-order valence-electron chi connectivity index (χ1n) is 8.85. The van der Waals surface area contributed by atoms with Crippen LogP contribution in [0.15, 0.2) is 30.3 Å². The molecule has 3 rings (SSSR count). The van der Waals surface area contributed by atoms with Crippen molar-refractivity contribution in [3.8, 4) is 0 Å².